The molecule has 0 radical (unpaired) electrons. The van der Waals surface area contributed by atoms with Crippen molar-refractivity contribution in [1.82, 2.24) is 25.0 Å². The predicted molar refractivity (Wildman–Crippen MR) is 98.2 cm³/mol. The van der Waals surface area contributed by atoms with Crippen LogP contribution in [-0.4, -0.2) is 71.4 Å². The third-order valence-electron chi connectivity index (χ3n) is 4.02. The molecule has 2 aromatic rings. The molecule has 0 atom stereocenters. The Kier molecular flexibility index (Phi) is 5.67. The number of pyridine rings is 1. The second-order valence-electron chi connectivity index (χ2n) is 5.85. The van der Waals surface area contributed by atoms with Gasteiger partial charge in [0.2, 0.25) is 5.91 Å². The van der Waals surface area contributed by atoms with Gasteiger partial charge in [-0.05, 0) is 12.1 Å². The summed E-state index contributed by atoms with van der Waals surface area (Å²) in [6, 6.07) is 3.69. The topological polar surface area (TPSA) is 87.9 Å². The van der Waals surface area contributed by atoms with Crippen LogP contribution in [0.25, 0.3) is 0 Å². The lowest BCUT2D eigenvalue weighted by Crippen LogP contribution is -2.55. The van der Waals surface area contributed by atoms with Crippen molar-refractivity contribution in [3.63, 3.8) is 0 Å². The lowest BCUT2D eigenvalue weighted by Gasteiger charge is -2.35. The molecule has 0 spiro atoms. The number of carbonyl (C=O) groups is 1. The number of aromatic nitrogens is 3. The van der Waals surface area contributed by atoms with Gasteiger partial charge in [-0.2, -0.15) is 5.10 Å². The van der Waals surface area contributed by atoms with E-state index in [4.69, 9.17) is 4.74 Å². The molecule has 1 saturated heterocycles. The molecule has 0 unspecified atom stereocenters. The van der Waals surface area contributed by atoms with Crippen molar-refractivity contribution >= 4 is 17.6 Å². The van der Waals surface area contributed by atoms with E-state index < -0.39 is 0 Å². The molecule has 9 heteroatoms. The molecule has 2 aromatic heterocycles. The zero-order valence-corrected chi connectivity index (χ0v) is 15.0. The quantitative estimate of drug-likeness (QED) is 0.465. The van der Waals surface area contributed by atoms with Gasteiger partial charge >= 0.3 is 0 Å². The van der Waals surface area contributed by atoms with E-state index in [1.54, 1.807) is 35.2 Å². The molecule has 1 aliphatic rings. The zero-order chi connectivity index (χ0) is 18.4. The first-order valence-electron chi connectivity index (χ1n) is 8.45. The molecule has 0 saturated carbocycles. The molecule has 26 heavy (non-hydrogen) atoms. The van der Waals surface area contributed by atoms with Crippen molar-refractivity contribution in [1.29, 1.82) is 0 Å². The van der Waals surface area contributed by atoms with Gasteiger partial charge in [0, 0.05) is 39.6 Å². The van der Waals surface area contributed by atoms with Gasteiger partial charge in [0.25, 0.3) is 0 Å². The van der Waals surface area contributed by atoms with Crippen molar-refractivity contribution < 1.29 is 9.53 Å². The van der Waals surface area contributed by atoms with Crippen LogP contribution in [0, 0.1) is 0 Å². The number of aliphatic imine (C=N–C) groups is 1. The Bertz CT molecular complexity index is 759. The van der Waals surface area contributed by atoms with Crippen LogP contribution in [0.1, 0.15) is 0 Å². The monoisotopic (exact) mass is 357 g/mol. The molecule has 138 valence electrons. The van der Waals surface area contributed by atoms with Crippen molar-refractivity contribution in [2.45, 2.75) is 0 Å². The Balaban J connectivity index is 1.48. The molecule has 3 rings (SSSR count). The predicted octanol–water partition coefficient (Wildman–Crippen LogP) is 0.118. The van der Waals surface area contributed by atoms with Crippen LogP contribution in [0.3, 0.4) is 0 Å². The molecule has 1 N–H and O–H groups in total. The van der Waals surface area contributed by atoms with Crippen molar-refractivity contribution in [3.05, 3.63) is 36.9 Å². The van der Waals surface area contributed by atoms with Crippen molar-refractivity contribution in [2.24, 2.45) is 12.0 Å². The number of ether oxygens (including phenoxy) is 1. The number of aryl methyl sites for hydroxylation is 1. The average molecular weight is 357 g/mol. The SMILES string of the molecule is CN=C(NCCOc1cccnc1)N1CCN(c2cnn(C)c2)C(=O)C1. The lowest BCUT2D eigenvalue weighted by molar-refractivity contribution is -0.120. The first-order chi connectivity index (χ1) is 12.7. The van der Waals surface area contributed by atoms with Crippen LogP contribution in [0.15, 0.2) is 41.9 Å². The molecule has 1 aliphatic heterocycles. The van der Waals surface area contributed by atoms with Crippen LogP contribution in [0.4, 0.5) is 5.69 Å². The van der Waals surface area contributed by atoms with Gasteiger partial charge in [-0.25, -0.2) is 0 Å². The fourth-order valence-corrected chi connectivity index (χ4v) is 2.77. The lowest BCUT2D eigenvalue weighted by atomic mass is 10.3. The number of piperazine rings is 1. The van der Waals surface area contributed by atoms with Crippen LogP contribution in [-0.2, 0) is 11.8 Å². The number of guanidine groups is 1. The minimum atomic E-state index is 0.0267. The van der Waals surface area contributed by atoms with E-state index in [0.717, 1.165) is 11.4 Å². The first kappa shape index (κ1) is 17.7. The number of amides is 1. The molecular weight excluding hydrogens is 334 g/mol. The Labute approximate surface area is 152 Å². The highest BCUT2D eigenvalue weighted by molar-refractivity contribution is 5.98. The average Bonchev–Trinajstić information content (AvgIpc) is 3.08. The van der Waals surface area contributed by atoms with E-state index >= 15 is 0 Å². The fraction of sp³-hybridized carbons (Fsp3) is 0.412. The van der Waals surface area contributed by atoms with Crippen LogP contribution >= 0.6 is 0 Å². The summed E-state index contributed by atoms with van der Waals surface area (Å²) in [5.41, 5.74) is 0.824. The highest BCUT2D eigenvalue weighted by Gasteiger charge is 2.27. The highest BCUT2D eigenvalue weighted by atomic mass is 16.5. The molecule has 3 heterocycles. The number of rotatable bonds is 5. The van der Waals surface area contributed by atoms with Gasteiger partial charge in [0.1, 0.15) is 18.9 Å². The van der Waals surface area contributed by atoms with Gasteiger partial charge in [-0.15, -0.1) is 0 Å². The summed E-state index contributed by atoms with van der Waals surface area (Å²) in [4.78, 5) is 24.5. The molecule has 0 aliphatic carbocycles. The molecule has 0 bridgehead atoms. The molecule has 9 nitrogen and oxygen atoms in total. The standard InChI is InChI=1S/C17H23N7O2/c1-18-17(20-6-9-26-15-4-3-5-19-11-15)23-7-8-24(16(25)13-23)14-10-21-22(2)12-14/h3-5,10-12H,6-9,13H2,1-2H3,(H,18,20). The van der Waals surface area contributed by atoms with Crippen LogP contribution in [0.2, 0.25) is 0 Å². The number of hydrogen-bond donors (Lipinski definition) is 1. The van der Waals surface area contributed by atoms with E-state index in [0.29, 0.717) is 32.2 Å². The summed E-state index contributed by atoms with van der Waals surface area (Å²) in [5, 5.41) is 7.36. The number of nitrogens with one attached hydrogen (secondary N) is 1. The highest BCUT2D eigenvalue weighted by Crippen LogP contribution is 2.16. The van der Waals surface area contributed by atoms with Gasteiger partial charge in [-0.1, -0.05) is 0 Å². The summed E-state index contributed by atoms with van der Waals surface area (Å²) in [7, 11) is 3.55. The summed E-state index contributed by atoms with van der Waals surface area (Å²) in [6.07, 6.45) is 6.92. The third kappa shape index (κ3) is 4.29. The number of anilines is 1. The Hall–Kier alpha value is -3.10. The minimum absolute atomic E-state index is 0.0267. The normalized spacial score (nSPS) is 15.3. The Morgan fingerprint density at radius 2 is 2.27 bits per heavy atom. The number of nitrogens with zero attached hydrogens (tertiary/aromatic N) is 6. The minimum Gasteiger partial charge on any atom is -0.490 e. The van der Waals surface area contributed by atoms with E-state index in [-0.39, 0.29) is 12.5 Å². The maximum absolute atomic E-state index is 12.5. The van der Waals surface area contributed by atoms with Crippen LogP contribution < -0.4 is 15.0 Å². The second kappa shape index (κ2) is 8.32. The maximum atomic E-state index is 12.5. The molecular formula is C17H23N7O2. The van der Waals surface area contributed by atoms with Crippen molar-refractivity contribution in [2.75, 3.05) is 44.7 Å². The Morgan fingerprint density at radius 1 is 1.38 bits per heavy atom. The summed E-state index contributed by atoms with van der Waals surface area (Å²) in [5.74, 6) is 1.45. The van der Waals surface area contributed by atoms with Gasteiger partial charge < -0.3 is 19.9 Å². The van der Waals surface area contributed by atoms with E-state index in [2.05, 4.69) is 20.4 Å². The molecule has 1 fully saturated rings. The molecule has 1 amide bonds. The van der Waals surface area contributed by atoms with E-state index in [9.17, 15) is 4.79 Å². The van der Waals surface area contributed by atoms with Gasteiger partial charge in [0.05, 0.1) is 24.6 Å². The fourth-order valence-electron chi connectivity index (χ4n) is 2.77. The first-order valence-corrected chi connectivity index (χ1v) is 8.45. The third-order valence-corrected chi connectivity index (χ3v) is 4.02. The largest absolute Gasteiger partial charge is 0.490 e. The maximum Gasteiger partial charge on any atom is 0.246 e. The van der Waals surface area contributed by atoms with E-state index in [1.807, 2.05) is 30.3 Å². The van der Waals surface area contributed by atoms with Gasteiger partial charge in [-0.3, -0.25) is 19.5 Å². The summed E-state index contributed by atoms with van der Waals surface area (Å²) >= 11 is 0. The Morgan fingerprint density at radius 3 is 2.92 bits per heavy atom. The molecule has 0 aromatic carbocycles. The van der Waals surface area contributed by atoms with E-state index in [1.165, 1.54) is 0 Å². The smallest absolute Gasteiger partial charge is 0.246 e. The zero-order valence-electron chi connectivity index (χ0n) is 15.0. The number of carbonyl (C=O) groups excluding carboxylic acids is 1. The summed E-state index contributed by atoms with van der Waals surface area (Å²) in [6.45, 7) is 2.63. The van der Waals surface area contributed by atoms with Crippen molar-refractivity contribution in [3.8, 4) is 5.75 Å². The second-order valence-corrected chi connectivity index (χ2v) is 5.85. The number of hydrogen-bond acceptors (Lipinski definition) is 5. The summed E-state index contributed by atoms with van der Waals surface area (Å²) < 4.78 is 7.30. The van der Waals surface area contributed by atoms with Crippen LogP contribution in [0.5, 0.6) is 5.75 Å². The van der Waals surface area contributed by atoms with Gasteiger partial charge in [0.15, 0.2) is 5.96 Å².